The third kappa shape index (κ3) is 36.7. The van der Waals surface area contributed by atoms with Gasteiger partial charge in [-0.2, -0.15) is 0 Å². The van der Waals surface area contributed by atoms with Crippen LogP contribution in [-0.4, -0.2) is 6.86 Å². The van der Waals surface area contributed by atoms with E-state index in [9.17, 15) is 8.78 Å². The molecule has 5 aliphatic rings. The fraction of sp³-hybridized carbons (Fsp3) is 0.368. The van der Waals surface area contributed by atoms with Gasteiger partial charge in [-0.05, 0) is 334 Å². The van der Waals surface area contributed by atoms with Crippen LogP contribution in [0, 0.1) is 124 Å². The number of alkyl halides is 1. The molecule has 0 bridgehead atoms. The molecule has 19 rings (SSSR count). The highest BCUT2D eigenvalue weighted by Gasteiger charge is 2.29. The van der Waals surface area contributed by atoms with E-state index in [-0.39, 0.29) is 5.82 Å². The monoisotopic (exact) mass is 1810 g/mol. The predicted molar refractivity (Wildman–Crippen MR) is 584 cm³/mol. The summed E-state index contributed by atoms with van der Waals surface area (Å²) >= 11 is 0. The van der Waals surface area contributed by atoms with Gasteiger partial charge in [0.1, 0.15) is 11.6 Å². The summed E-state index contributed by atoms with van der Waals surface area (Å²) in [5.41, 5.74) is 34.8. The summed E-state index contributed by atoms with van der Waals surface area (Å²) in [6, 6.07) is 120. The lowest BCUT2D eigenvalue weighted by atomic mass is 9.70. The summed E-state index contributed by atoms with van der Waals surface area (Å²) in [6.45, 7) is 34.1. The molecule has 0 aromatic heterocycles. The highest BCUT2D eigenvalue weighted by Crippen LogP contribution is 2.44. The van der Waals surface area contributed by atoms with Crippen LogP contribution in [0.2, 0.25) is 0 Å². The Bertz CT molecular complexity index is 5350. The van der Waals surface area contributed by atoms with Crippen LogP contribution in [0.25, 0.3) is 44.5 Å². The predicted octanol–water partition coefficient (Wildman–Crippen LogP) is 38.8. The third-order valence-electron chi connectivity index (χ3n) is 29.2. The van der Waals surface area contributed by atoms with Crippen LogP contribution in [-0.2, 0) is 12.8 Å². The number of ether oxygens (including phenoxy) is 1. The van der Waals surface area contributed by atoms with Gasteiger partial charge in [0.05, 0.1) is 0 Å². The molecule has 14 aromatic rings. The Morgan fingerprint density at radius 1 is 0.191 bits per heavy atom. The average molecular weight is 1810 g/mol. The second-order valence-electron chi connectivity index (χ2n) is 41.1. The molecule has 0 heterocycles. The zero-order valence-electron chi connectivity index (χ0n) is 85.5. The summed E-state index contributed by atoms with van der Waals surface area (Å²) in [4.78, 5) is 0. The lowest BCUT2D eigenvalue weighted by Gasteiger charge is -2.36. The zero-order valence-corrected chi connectivity index (χ0v) is 85.5. The molecule has 0 spiro atoms. The largest absolute Gasteiger partial charge is 0.463 e. The maximum atomic E-state index is 12.1. The van der Waals surface area contributed by atoms with E-state index < -0.39 is 6.86 Å². The average Bonchev–Trinajstić information content (AvgIpc) is 0.831. The van der Waals surface area contributed by atoms with E-state index in [1.165, 1.54) is 243 Å². The van der Waals surface area contributed by atoms with E-state index in [2.05, 4.69) is 393 Å². The first kappa shape index (κ1) is 105. The van der Waals surface area contributed by atoms with Crippen LogP contribution in [0.5, 0.6) is 5.75 Å². The molecule has 0 unspecified atom stereocenters. The lowest BCUT2D eigenvalue weighted by Crippen LogP contribution is -2.24. The Labute approximate surface area is 822 Å². The van der Waals surface area contributed by atoms with Crippen molar-refractivity contribution in [1.29, 1.82) is 0 Å². The summed E-state index contributed by atoms with van der Waals surface area (Å²) < 4.78 is 28.2. The van der Waals surface area contributed by atoms with Gasteiger partial charge in [0.25, 0.3) is 0 Å². The van der Waals surface area contributed by atoms with Gasteiger partial charge in [-0.1, -0.05) is 461 Å². The molecule has 1 nitrogen and oxygen atoms in total. The summed E-state index contributed by atoms with van der Waals surface area (Å²) in [5.74, 6) is 9.73. The van der Waals surface area contributed by atoms with Gasteiger partial charge < -0.3 is 4.74 Å². The lowest BCUT2D eigenvalue weighted by molar-refractivity contribution is 0.155. The van der Waals surface area contributed by atoms with Crippen molar-refractivity contribution in [1.82, 2.24) is 0 Å². The van der Waals surface area contributed by atoms with Crippen molar-refractivity contribution in [2.24, 2.45) is 35.5 Å². The molecule has 0 radical (unpaired) electrons. The number of hydrogen-bond acceptors (Lipinski definition) is 1. The number of aryl methyl sites for hydroxylation is 14. The van der Waals surface area contributed by atoms with Gasteiger partial charge >= 0.3 is 0 Å². The zero-order chi connectivity index (χ0) is 96.5. The molecular weight excluding hydrogens is 1650 g/mol. The second-order valence-corrected chi connectivity index (χ2v) is 41.1. The number of halogens is 2. The van der Waals surface area contributed by atoms with Crippen molar-refractivity contribution in [2.45, 2.75) is 276 Å². The van der Waals surface area contributed by atoms with E-state index in [1.807, 2.05) is 26.0 Å². The van der Waals surface area contributed by atoms with E-state index >= 15 is 0 Å². The standard InChI is InChI=1S/2C20H24.C20H18.C16H18.C14H26.C14H20.C14H14.C8H9FO.C7H7F/c3*1-15-3-7-17(8-4-15)19-11-13-20(14-12-19)18-9-5-16(2)6-10-18;1-13-3-7-15(8-4-13)11-12-16-9-5-14(2)6-10-16;3*1-11-3-7-13(8-4-11)14-9-5-12(2)6-10-14;1-7-2-4-8(5-3-7)10-6-9;1-6-2-4-7(8)5-3-6/h3-4,7-8,11-14,16,18H,5-6,9-10H2,1-2H3;3-10,19-20H,11-14H2,1-2H3;3-14H,1-2H3;3-10H,11-12H2,1-2H3;11-14H,3-10H2,1-2H3;3-4,7-8,12,14H,5-6,9-10H2,1-2H3;3-10H,1-2H3;2-5H,6H2,1H3;2-5H,1H3. The van der Waals surface area contributed by atoms with Crippen LogP contribution >= 0.6 is 0 Å². The van der Waals surface area contributed by atoms with Crippen LogP contribution in [0.3, 0.4) is 0 Å². The first-order chi connectivity index (χ1) is 65.8. The van der Waals surface area contributed by atoms with Gasteiger partial charge in [-0.3, -0.25) is 0 Å². The van der Waals surface area contributed by atoms with Gasteiger partial charge in [-0.25, -0.2) is 8.78 Å². The van der Waals surface area contributed by atoms with E-state index in [0.29, 0.717) is 5.75 Å². The van der Waals surface area contributed by atoms with Gasteiger partial charge in [0, 0.05) is 0 Å². The van der Waals surface area contributed by atoms with Crippen molar-refractivity contribution >= 4 is 0 Å². The molecule has 0 saturated heterocycles. The summed E-state index contributed by atoms with van der Waals surface area (Å²) in [7, 11) is 0. The van der Waals surface area contributed by atoms with Crippen molar-refractivity contribution in [2.75, 3.05) is 6.86 Å². The molecule has 14 aromatic carbocycles. The van der Waals surface area contributed by atoms with Crippen molar-refractivity contribution in [3.05, 3.63) is 446 Å². The Balaban J connectivity index is 0.000000149. The summed E-state index contributed by atoms with van der Waals surface area (Å²) in [5, 5.41) is 0. The van der Waals surface area contributed by atoms with Crippen LogP contribution in [0.15, 0.2) is 340 Å². The molecule has 0 atom stereocenters. The molecule has 0 amide bonds. The maximum absolute atomic E-state index is 12.1. The molecule has 5 saturated carbocycles. The number of rotatable bonds is 14. The van der Waals surface area contributed by atoms with Crippen molar-refractivity contribution in [3.63, 3.8) is 0 Å². The number of hydrogen-bond donors (Lipinski definition) is 0. The van der Waals surface area contributed by atoms with Crippen molar-refractivity contribution < 1.29 is 13.5 Å². The molecule has 5 fully saturated rings. The minimum absolute atomic E-state index is 0.171. The topological polar surface area (TPSA) is 9.23 Å². The quantitative estimate of drug-likeness (QED) is 0.105. The first-order valence-corrected chi connectivity index (χ1v) is 51.6. The molecule has 0 N–H and O–H groups in total. The fourth-order valence-corrected chi connectivity index (χ4v) is 19.5. The minimum Gasteiger partial charge on any atom is -0.463 e. The minimum atomic E-state index is -0.761. The first-order valence-electron chi connectivity index (χ1n) is 51.6. The Morgan fingerprint density at radius 3 is 0.551 bits per heavy atom. The highest BCUT2D eigenvalue weighted by molar-refractivity contribution is 5.71. The Kier molecular flexibility index (Phi) is 43.2. The second kappa shape index (κ2) is 55.8. The van der Waals surface area contributed by atoms with Gasteiger partial charge in [-0.15, -0.1) is 0 Å². The van der Waals surface area contributed by atoms with Crippen LogP contribution in [0.4, 0.5) is 8.78 Å². The van der Waals surface area contributed by atoms with Gasteiger partial charge in [0.2, 0.25) is 6.86 Å². The highest BCUT2D eigenvalue weighted by atomic mass is 19.1. The van der Waals surface area contributed by atoms with Crippen molar-refractivity contribution in [3.8, 4) is 50.3 Å². The summed E-state index contributed by atoms with van der Waals surface area (Å²) in [6.07, 6.45) is 30.9. The molecular formula is C133H160F2O. The maximum Gasteiger partial charge on any atom is 0.228 e. The molecule has 136 heavy (non-hydrogen) atoms. The van der Waals surface area contributed by atoms with Crippen LogP contribution in [0.1, 0.15) is 280 Å². The van der Waals surface area contributed by atoms with Crippen LogP contribution < -0.4 is 4.74 Å². The molecule has 712 valence electrons. The van der Waals surface area contributed by atoms with E-state index in [0.717, 1.165) is 83.1 Å². The molecule has 0 aliphatic heterocycles. The fourth-order valence-electron chi connectivity index (χ4n) is 19.5. The number of benzene rings is 14. The smallest absolute Gasteiger partial charge is 0.228 e. The third-order valence-corrected chi connectivity index (χ3v) is 29.2. The van der Waals surface area contributed by atoms with Gasteiger partial charge in [0.15, 0.2) is 0 Å². The normalized spacial score (nSPS) is 19.2. The SMILES string of the molecule is CC1CCC(C2CCC(C)CC2)CC1.Cc1ccc(-c2ccc(-c3ccc(C)cc3)cc2)cc1.Cc1ccc(-c2ccc(C)cc2)cc1.Cc1ccc(-c2ccc(C3CCC(C)CC3)cc2)cc1.Cc1ccc(C2CCC(C)CC2)cc1.Cc1ccc(C2CCC(c3ccc(C)cc3)CC2)cc1.Cc1ccc(CCc2ccc(C)cc2)cc1.Cc1ccc(F)cc1.Cc1ccc(OCF)cc1. The molecule has 5 aliphatic carbocycles. The van der Waals surface area contributed by atoms with E-state index in [1.54, 1.807) is 55.5 Å². The van der Waals surface area contributed by atoms with E-state index in [4.69, 9.17) is 0 Å². The Hall–Kier alpha value is -11.3. The molecule has 3 heteroatoms. The Morgan fingerprint density at radius 2 is 0.346 bits per heavy atom.